The van der Waals surface area contributed by atoms with Crippen LogP contribution in [0.25, 0.3) is 0 Å². The number of urea groups is 1. The third-order valence-electron chi connectivity index (χ3n) is 4.64. The van der Waals surface area contributed by atoms with Gasteiger partial charge in [0.1, 0.15) is 0 Å². The van der Waals surface area contributed by atoms with Gasteiger partial charge in [-0.3, -0.25) is 19.8 Å². The van der Waals surface area contributed by atoms with Crippen molar-refractivity contribution in [2.24, 2.45) is 0 Å². The molecule has 0 bridgehead atoms. The lowest BCUT2D eigenvalue weighted by Gasteiger charge is -2.39. The molecule has 0 spiro atoms. The summed E-state index contributed by atoms with van der Waals surface area (Å²) in [7, 11) is 0. The van der Waals surface area contributed by atoms with Crippen molar-refractivity contribution in [3.8, 4) is 0 Å². The highest BCUT2D eigenvalue weighted by Gasteiger charge is 2.54. The Kier molecular flexibility index (Phi) is 7.06. The zero-order valence-corrected chi connectivity index (χ0v) is 15.6. The zero-order valence-electron chi connectivity index (χ0n) is 15.6. The number of imide groups is 2. The highest BCUT2D eigenvalue weighted by Crippen LogP contribution is 2.33. The fourth-order valence-corrected chi connectivity index (χ4v) is 3.09. The lowest BCUT2D eigenvalue weighted by molar-refractivity contribution is -0.146. The van der Waals surface area contributed by atoms with Gasteiger partial charge in [-0.2, -0.15) is 0 Å². The number of β-amino-alcohol motifs (C(OH)–C–C–N with tert-alkyl or cyclic N) is 1. The third kappa shape index (κ3) is 4.52. The van der Waals surface area contributed by atoms with Gasteiger partial charge in [0.25, 0.3) is 5.91 Å². The molecule has 1 aromatic rings. The normalized spacial score (nSPS) is 22.5. The van der Waals surface area contributed by atoms with Gasteiger partial charge < -0.3 is 14.9 Å². The zero-order chi connectivity index (χ0) is 20.0. The van der Waals surface area contributed by atoms with Crippen molar-refractivity contribution < 1.29 is 29.3 Å². The molecule has 1 aliphatic rings. The van der Waals surface area contributed by atoms with Crippen LogP contribution in [-0.4, -0.2) is 64.9 Å². The number of benzene rings is 1. The molecule has 0 radical (unpaired) electrons. The first kappa shape index (κ1) is 21.0. The molecule has 1 heterocycles. The number of barbiturate groups is 1. The largest absolute Gasteiger partial charge is 0.393 e. The van der Waals surface area contributed by atoms with Crippen LogP contribution in [0.5, 0.6) is 0 Å². The Morgan fingerprint density at radius 2 is 1.85 bits per heavy atom. The van der Waals surface area contributed by atoms with Crippen molar-refractivity contribution in [1.29, 1.82) is 0 Å². The maximum Gasteiger partial charge on any atom is 0.330 e. The fraction of sp³-hybridized carbons (Fsp3) is 0.526. The van der Waals surface area contributed by atoms with Gasteiger partial charge in [-0.25, -0.2) is 4.79 Å². The van der Waals surface area contributed by atoms with Gasteiger partial charge in [-0.15, -0.1) is 0 Å². The lowest BCUT2D eigenvalue weighted by Crippen LogP contribution is -2.66. The Bertz CT molecular complexity index is 678. The summed E-state index contributed by atoms with van der Waals surface area (Å²) in [6.45, 7) is 3.19. The van der Waals surface area contributed by atoms with Crippen LogP contribution in [0.3, 0.4) is 0 Å². The molecule has 3 atom stereocenters. The predicted molar refractivity (Wildman–Crippen MR) is 96.8 cm³/mol. The van der Waals surface area contributed by atoms with E-state index in [9.17, 15) is 24.6 Å². The van der Waals surface area contributed by atoms with Gasteiger partial charge in [0, 0.05) is 6.61 Å². The van der Waals surface area contributed by atoms with Crippen molar-refractivity contribution in [3.63, 3.8) is 0 Å². The van der Waals surface area contributed by atoms with Gasteiger partial charge in [0.2, 0.25) is 5.91 Å². The summed E-state index contributed by atoms with van der Waals surface area (Å²) in [5, 5.41) is 21.6. The smallest absolute Gasteiger partial charge is 0.330 e. The third-order valence-corrected chi connectivity index (χ3v) is 4.64. The number of nitrogens with zero attached hydrogens (tertiary/aromatic N) is 1. The van der Waals surface area contributed by atoms with Gasteiger partial charge in [-0.1, -0.05) is 37.3 Å². The van der Waals surface area contributed by atoms with E-state index in [1.807, 2.05) is 0 Å². The van der Waals surface area contributed by atoms with Crippen molar-refractivity contribution in [2.75, 3.05) is 19.8 Å². The molecule has 0 aliphatic carbocycles. The average Bonchev–Trinajstić information content (AvgIpc) is 2.64. The monoisotopic (exact) mass is 378 g/mol. The van der Waals surface area contributed by atoms with Gasteiger partial charge in [-0.05, 0) is 25.3 Å². The summed E-state index contributed by atoms with van der Waals surface area (Å²) in [6, 6.07) is 7.70. The molecule has 3 N–H and O–H groups in total. The number of hydrogen-bond acceptors (Lipinski definition) is 6. The predicted octanol–water partition coefficient (Wildman–Crippen LogP) is 0.561. The molecule has 4 amide bonds. The molecule has 148 valence electrons. The number of carbonyl (C=O) groups excluding carboxylic acids is 3. The Balaban J connectivity index is 2.14. The lowest BCUT2D eigenvalue weighted by atomic mass is 9.74. The van der Waals surface area contributed by atoms with Crippen LogP contribution in [-0.2, 0) is 19.7 Å². The van der Waals surface area contributed by atoms with Crippen molar-refractivity contribution >= 4 is 17.8 Å². The molecule has 1 fully saturated rings. The Labute approximate surface area is 158 Å². The quantitative estimate of drug-likeness (QED) is 0.427. The fourth-order valence-electron chi connectivity index (χ4n) is 3.09. The first-order chi connectivity index (χ1) is 12.8. The number of aliphatic hydroxyl groups excluding tert-OH is 2. The van der Waals surface area contributed by atoms with E-state index in [2.05, 4.69) is 5.32 Å². The maximum atomic E-state index is 13.1. The molecule has 0 aromatic heterocycles. The van der Waals surface area contributed by atoms with Crippen molar-refractivity contribution in [1.82, 2.24) is 10.2 Å². The van der Waals surface area contributed by atoms with Crippen LogP contribution in [0.1, 0.15) is 32.3 Å². The van der Waals surface area contributed by atoms with E-state index in [-0.39, 0.29) is 26.2 Å². The summed E-state index contributed by atoms with van der Waals surface area (Å²) in [6.07, 6.45) is -1.03. The molecular weight excluding hydrogens is 352 g/mol. The minimum atomic E-state index is -1.51. The highest BCUT2D eigenvalue weighted by atomic mass is 16.5. The number of nitrogens with one attached hydrogen (secondary N) is 1. The molecule has 8 nitrogen and oxygen atoms in total. The molecule has 27 heavy (non-hydrogen) atoms. The second-order valence-electron chi connectivity index (χ2n) is 6.67. The summed E-state index contributed by atoms with van der Waals surface area (Å²) in [5.41, 5.74) is -1.02. The Morgan fingerprint density at radius 1 is 1.19 bits per heavy atom. The summed E-state index contributed by atoms with van der Waals surface area (Å²) in [4.78, 5) is 38.8. The summed E-state index contributed by atoms with van der Waals surface area (Å²) in [5.74, 6) is -1.32. The summed E-state index contributed by atoms with van der Waals surface area (Å²) >= 11 is 0. The number of aliphatic hydroxyl groups is 2. The molecule has 3 unspecified atom stereocenters. The first-order valence-corrected chi connectivity index (χ1v) is 8.99. The van der Waals surface area contributed by atoms with Crippen LogP contribution >= 0.6 is 0 Å². The number of amides is 4. The van der Waals surface area contributed by atoms with E-state index < -0.39 is 35.5 Å². The highest BCUT2D eigenvalue weighted by molar-refractivity contribution is 6.22. The Hall–Kier alpha value is -2.29. The minimum absolute atomic E-state index is 0.0951. The number of rotatable bonds is 9. The van der Waals surface area contributed by atoms with E-state index in [1.54, 1.807) is 44.2 Å². The topological polar surface area (TPSA) is 116 Å². The molecule has 1 aromatic carbocycles. The standard InChI is InChI=1S/C19H26N2O6/c1-3-19(14-7-5-4-6-8-14)16(24)20-18(26)21(17(19)25)11-15(23)12-27-10-9-13(2)22/h4-8,13,15,22-23H,3,9-12H2,1-2H3,(H,20,24,26). The SMILES string of the molecule is CCC1(c2ccccc2)C(=O)NC(=O)N(CC(O)COCCC(C)O)C1=O. The minimum Gasteiger partial charge on any atom is -0.393 e. The van der Waals surface area contributed by atoms with E-state index in [4.69, 9.17) is 4.74 Å². The molecule has 1 aliphatic heterocycles. The van der Waals surface area contributed by atoms with E-state index in [0.29, 0.717) is 12.0 Å². The van der Waals surface area contributed by atoms with E-state index in [0.717, 1.165) is 4.90 Å². The van der Waals surface area contributed by atoms with Gasteiger partial charge in [0.15, 0.2) is 5.41 Å². The second-order valence-corrected chi connectivity index (χ2v) is 6.67. The van der Waals surface area contributed by atoms with E-state index in [1.165, 1.54) is 0 Å². The molecule has 8 heteroatoms. The van der Waals surface area contributed by atoms with Gasteiger partial charge in [0.05, 0.1) is 25.4 Å². The van der Waals surface area contributed by atoms with Crippen molar-refractivity contribution in [2.45, 2.75) is 44.3 Å². The van der Waals surface area contributed by atoms with Crippen molar-refractivity contribution in [3.05, 3.63) is 35.9 Å². The van der Waals surface area contributed by atoms with Crippen LogP contribution in [0.4, 0.5) is 4.79 Å². The Morgan fingerprint density at radius 3 is 2.44 bits per heavy atom. The van der Waals surface area contributed by atoms with E-state index >= 15 is 0 Å². The number of ether oxygens (including phenoxy) is 1. The number of carbonyl (C=O) groups is 3. The second kappa shape index (κ2) is 9.07. The van der Waals surface area contributed by atoms with Crippen LogP contribution in [0, 0.1) is 0 Å². The summed E-state index contributed by atoms with van der Waals surface area (Å²) < 4.78 is 5.26. The first-order valence-electron chi connectivity index (χ1n) is 8.99. The average molecular weight is 378 g/mol. The number of hydrogen-bond donors (Lipinski definition) is 3. The molecule has 0 saturated carbocycles. The van der Waals surface area contributed by atoms with Crippen LogP contribution in [0.15, 0.2) is 30.3 Å². The maximum absolute atomic E-state index is 13.1. The molecular formula is C19H26N2O6. The van der Waals surface area contributed by atoms with Crippen LogP contribution < -0.4 is 5.32 Å². The molecule has 2 rings (SSSR count). The van der Waals surface area contributed by atoms with Crippen LogP contribution in [0.2, 0.25) is 0 Å². The van der Waals surface area contributed by atoms with Gasteiger partial charge >= 0.3 is 6.03 Å². The molecule has 1 saturated heterocycles.